The lowest BCUT2D eigenvalue weighted by molar-refractivity contribution is 0.692. The van der Waals surface area contributed by atoms with Crippen LogP contribution in [0.3, 0.4) is 0 Å². The van der Waals surface area contributed by atoms with Crippen molar-refractivity contribution in [3.05, 3.63) is 64.1 Å². The van der Waals surface area contributed by atoms with E-state index >= 15 is 0 Å². The Hall–Kier alpha value is -1.32. The van der Waals surface area contributed by atoms with Crippen LogP contribution in [0.5, 0.6) is 0 Å². The van der Waals surface area contributed by atoms with Crippen LogP contribution < -0.4 is 10.6 Å². The fourth-order valence-electron chi connectivity index (χ4n) is 2.09. The smallest absolute Gasteiger partial charge is 0.0575 e. The van der Waals surface area contributed by atoms with Gasteiger partial charge >= 0.3 is 0 Å². The molecule has 3 heteroatoms. The van der Waals surface area contributed by atoms with E-state index in [0.29, 0.717) is 0 Å². The van der Waals surface area contributed by atoms with Crippen LogP contribution in [0, 0.1) is 0 Å². The van der Waals surface area contributed by atoms with Gasteiger partial charge in [0.05, 0.1) is 6.04 Å². The number of rotatable bonds is 4. The second-order valence-corrected chi connectivity index (χ2v) is 5.07. The first-order chi connectivity index (χ1) is 8.74. The lowest BCUT2D eigenvalue weighted by atomic mass is 9.98. The van der Waals surface area contributed by atoms with Crippen LogP contribution >= 0.6 is 15.9 Å². The van der Waals surface area contributed by atoms with Crippen LogP contribution in [-0.2, 0) is 0 Å². The van der Waals surface area contributed by atoms with E-state index in [1.54, 1.807) is 0 Å². The Balaban J connectivity index is 2.38. The molecule has 0 amide bonds. The second kappa shape index (κ2) is 6.03. The molecule has 0 aliphatic heterocycles. The van der Waals surface area contributed by atoms with E-state index in [2.05, 4.69) is 69.0 Å². The van der Waals surface area contributed by atoms with Gasteiger partial charge in [0.2, 0.25) is 0 Å². The molecule has 0 spiro atoms. The molecular formula is C15H17BrN2. The van der Waals surface area contributed by atoms with E-state index < -0.39 is 0 Å². The molecule has 18 heavy (non-hydrogen) atoms. The summed E-state index contributed by atoms with van der Waals surface area (Å²) in [6.07, 6.45) is 0. The van der Waals surface area contributed by atoms with Crippen LogP contribution in [0.15, 0.2) is 53.0 Å². The normalized spacial score (nSPS) is 12.2. The van der Waals surface area contributed by atoms with Crippen LogP contribution in [0.4, 0.5) is 5.69 Å². The number of halogens is 1. The van der Waals surface area contributed by atoms with E-state index in [1.165, 1.54) is 11.1 Å². The minimum Gasteiger partial charge on any atom is -0.388 e. The van der Waals surface area contributed by atoms with Crippen molar-refractivity contribution in [1.29, 1.82) is 0 Å². The molecule has 1 unspecified atom stereocenters. The molecule has 2 aromatic carbocycles. The summed E-state index contributed by atoms with van der Waals surface area (Å²) >= 11 is 3.52. The van der Waals surface area contributed by atoms with Crippen molar-refractivity contribution < 1.29 is 0 Å². The largest absolute Gasteiger partial charge is 0.388 e. The van der Waals surface area contributed by atoms with Gasteiger partial charge in [-0.1, -0.05) is 40.2 Å². The van der Waals surface area contributed by atoms with Gasteiger partial charge in [0.1, 0.15) is 0 Å². The molecule has 0 saturated heterocycles. The van der Waals surface area contributed by atoms with Crippen LogP contribution in [0.1, 0.15) is 17.2 Å². The quantitative estimate of drug-likeness (QED) is 0.898. The zero-order valence-corrected chi connectivity index (χ0v) is 12.2. The Kier molecular flexibility index (Phi) is 4.39. The predicted molar refractivity (Wildman–Crippen MR) is 81.0 cm³/mol. The number of anilines is 1. The van der Waals surface area contributed by atoms with Crippen LogP contribution in [0.2, 0.25) is 0 Å². The third kappa shape index (κ3) is 2.92. The van der Waals surface area contributed by atoms with Gasteiger partial charge in [-0.3, -0.25) is 0 Å². The maximum Gasteiger partial charge on any atom is 0.0575 e. The van der Waals surface area contributed by atoms with Crippen molar-refractivity contribution in [3.63, 3.8) is 0 Å². The second-order valence-electron chi connectivity index (χ2n) is 4.15. The molecule has 0 aromatic heterocycles. The molecule has 1 atom stereocenters. The highest BCUT2D eigenvalue weighted by Crippen LogP contribution is 2.25. The Morgan fingerprint density at radius 3 is 2.22 bits per heavy atom. The summed E-state index contributed by atoms with van der Waals surface area (Å²) in [5, 5.41) is 6.54. The van der Waals surface area contributed by atoms with Gasteiger partial charge < -0.3 is 10.6 Å². The maximum atomic E-state index is 3.52. The first-order valence-electron chi connectivity index (χ1n) is 5.95. The Morgan fingerprint density at radius 1 is 0.944 bits per heavy atom. The lowest BCUT2D eigenvalue weighted by Gasteiger charge is -2.18. The highest BCUT2D eigenvalue weighted by atomic mass is 79.9. The SMILES string of the molecule is CNc1cccc(C(NC)c2cccc(Br)c2)c1. The van der Waals surface area contributed by atoms with Crippen LogP contribution in [0.25, 0.3) is 0 Å². The zero-order chi connectivity index (χ0) is 13.0. The molecule has 0 saturated carbocycles. The fourth-order valence-corrected chi connectivity index (χ4v) is 2.50. The summed E-state index contributed by atoms with van der Waals surface area (Å²) < 4.78 is 1.10. The van der Waals surface area contributed by atoms with Crippen molar-refractivity contribution >= 4 is 21.6 Å². The fraction of sp³-hybridized carbons (Fsp3) is 0.200. The molecule has 2 nitrogen and oxygen atoms in total. The van der Waals surface area contributed by atoms with Crippen molar-refractivity contribution in [2.24, 2.45) is 0 Å². The highest BCUT2D eigenvalue weighted by molar-refractivity contribution is 9.10. The first-order valence-corrected chi connectivity index (χ1v) is 6.74. The summed E-state index contributed by atoms with van der Waals surface area (Å²) in [4.78, 5) is 0. The van der Waals surface area contributed by atoms with Gasteiger partial charge in [0.25, 0.3) is 0 Å². The molecule has 0 heterocycles. The Labute approximate surface area is 117 Å². The lowest BCUT2D eigenvalue weighted by Crippen LogP contribution is -2.17. The summed E-state index contributed by atoms with van der Waals surface area (Å²) in [6, 6.07) is 17.0. The topological polar surface area (TPSA) is 24.1 Å². The molecule has 94 valence electrons. The van der Waals surface area contributed by atoms with E-state index in [-0.39, 0.29) is 6.04 Å². The number of hydrogen-bond donors (Lipinski definition) is 2. The van der Waals surface area contributed by atoms with E-state index in [0.717, 1.165) is 10.2 Å². The third-order valence-electron chi connectivity index (χ3n) is 2.98. The first kappa shape index (κ1) is 13.1. The summed E-state index contributed by atoms with van der Waals surface area (Å²) in [5.41, 5.74) is 3.63. The molecule has 2 rings (SSSR count). The van der Waals surface area contributed by atoms with Crippen molar-refractivity contribution in [2.75, 3.05) is 19.4 Å². The molecule has 2 aromatic rings. The summed E-state index contributed by atoms with van der Waals surface area (Å²) in [6.45, 7) is 0. The molecular weight excluding hydrogens is 288 g/mol. The van der Waals surface area contributed by atoms with Gasteiger partial charge in [0, 0.05) is 17.2 Å². The Bertz CT molecular complexity index is 525. The summed E-state index contributed by atoms with van der Waals surface area (Å²) in [7, 11) is 3.92. The predicted octanol–water partition coefficient (Wildman–Crippen LogP) is 3.80. The maximum absolute atomic E-state index is 3.52. The molecule has 0 bridgehead atoms. The third-order valence-corrected chi connectivity index (χ3v) is 3.47. The molecule has 0 fully saturated rings. The highest BCUT2D eigenvalue weighted by Gasteiger charge is 2.12. The van der Waals surface area contributed by atoms with Gasteiger partial charge in [-0.25, -0.2) is 0 Å². The van der Waals surface area contributed by atoms with Crippen LogP contribution in [-0.4, -0.2) is 14.1 Å². The average Bonchev–Trinajstić information content (AvgIpc) is 2.40. The molecule has 2 N–H and O–H groups in total. The van der Waals surface area contributed by atoms with Crippen molar-refractivity contribution in [1.82, 2.24) is 5.32 Å². The minimum absolute atomic E-state index is 0.204. The monoisotopic (exact) mass is 304 g/mol. The van der Waals surface area contributed by atoms with Gasteiger partial charge in [-0.2, -0.15) is 0 Å². The minimum atomic E-state index is 0.204. The van der Waals surface area contributed by atoms with Gasteiger partial charge in [0.15, 0.2) is 0 Å². The van der Waals surface area contributed by atoms with E-state index in [4.69, 9.17) is 0 Å². The molecule has 0 radical (unpaired) electrons. The number of hydrogen-bond acceptors (Lipinski definition) is 2. The van der Waals surface area contributed by atoms with Crippen molar-refractivity contribution in [3.8, 4) is 0 Å². The molecule has 0 aliphatic rings. The number of benzene rings is 2. The van der Waals surface area contributed by atoms with Gasteiger partial charge in [-0.05, 0) is 42.4 Å². The standard InChI is InChI=1S/C15H17BrN2/c1-17-14-8-4-6-12(10-14)15(18-2)11-5-3-7-13(16)9-11/h3-10,15,17-18H,1-2H3. The Morgan fingerprint density at radius 2 is 1.61 bits per heavy atom. The average molecular weight is 305 g/mol. The molecule has 0 aliphatic carbocycles. The van der Waals surface area contributed by atoms with E-state index in [9.17, 15) is 0 Å². The number of nitrogens with one attached hydrogen (secondary N) is 2. The summed E-state index contributed by atoms with van der Waals surface area (Å²) in [5.74, 6) is 0. The van der Waals surface area contributed by atoms with Crippen molar-refractivity contribution in [2.45, 2.75) is 6.04 Å². The zero-order valence-electron chi connectivity index (χ0n) is 10.6. The van der Waals surface area contributed by atoms with E-state index in [1.807, 2.05) is 20.2 Å². The van der Waals surface area contributed by atoms with Gasteiger partial charge in [-0.15, -0.1) is 0 Å².